The smallest absolute Gasteiger partial charge is 0.328 e. The Hall–Kier alpha value is 0.515. The number of hydrogen-bond donors (Lipinski definition) is 0. The first-order valence-corrected chi connectivity index (χ1v) is 2.64. The summed E-state index contributed by atoms with van der Waals surface area (Å²) in [6, 6.07) is 0. The minimum Gasteiger partial charge on any atom is -0.328 e. The Labute approximate surface area is 31.5 Å². The van der Waals surface area contributed by atoms with Gasteiger partial charge in [0.1, 0.15) is 0 Å². The van der Waals surface area contributed by atoms with Gasteiger partial charge in [-0.3, -0.25) is 0 Å². The Morgan fingerprint density at radius 1 is 2.00 bits per heavy atom. The molecule has 0 aliphatic carbocycles. The van der Waals surface area contributed by atoms with Crippen LogP contribution in [0.1, 0.15) is 0 Å². The fourth-order valence-corrected chi connectivity index (χ4v) is 0. The molecule has 0 aromatic rings. The van der Waals surface area contributed by atoms with Crippen LogP contribution in [-0.2, 0) is 11.8 Å². The molecule has 0 aliphatic heterocycles. The topological polar surface area (TPSA) is 0 Å². The molecule has 0 rings (SSSR count). The van der Waals surface area contributed by atoms with Gasteiger partial charge in [-0.15, -0.1) is 0 Å². The van der Waals surface area contributed by atoms with Gasteiger partial charge in [0, 0.05) is 0 Å². The summed E-state index contributed by atoms with van der Waals surface area (Å²) in [5.74, 6) is 0. The largest absolute Gasteiger partial charge is 0.431 e. The highest BCUT2D eigenvalue weighted by Gasteiger charge is 1.65. The Kier molecular flexibility index (Phi) is 3.97. The standard InChI is InChI=1S/BFPS/c2-1-3-4. The van der Waals surface area contributed by atoms with Gasteiger partial charge in [0.2, 0.25) is 0 Å². The summed E-state index contributed by atoms with van der Waals surface area (Å²) in [6.45, 7) is 0. The van der Waals surface area contributed by atoms with Gasteiger partial charge in [-0.2, -0.15) is 0 Å². The Balaban J connectivity index is 2.30. The molecule has 4 heavy (non-hydrogen) atoms. The second-order valence-electron chi connectivity index (χ2n) is 0.203. The predicted octanol–water partition coefficient (Wildman–Crippen LogP) is 0.898. The van der Waals surface area contributed by atoms with Crippen molar-refractivity contribution in [1.29, 1.82) is 0 Å². The fraction of sp³-hybridized carbons (Fsp3) is 0. The molecule has 0 atom stereocenters. The molecule has 1 radical (unpaired) electrons. The number of halogens is 1. The van der Waals surface area contributed by atoms with E-state index in [1.807, 2.05) is 0 Å². The van der Waals surface area contributed by atoms with E-state index in [0.29, 0.717) is 14.5 Å². The lowest BCUT2D eigenvalue weighted by Gasteiger charge is -1.44. The molecule has 0 saturated carbocycles. The molecule has 21 valence electrons. The van der Waals surface area contributed by atoms with Crippen LogP contribution in [-0.4, -0.2) is 7.28 Å². The molecule has 0 saturated heterocycles. The van der Waals surface area contributed by atoms with Crippen molar-refractivity contribution >= 4 is 26.3 Å². The number of rotatable bonds is 1. The Morgan fingerprint density at radius 2 is 2.25 bits per heavy atom. The molecule has 0 nitrogen and oxygen atoms in total. The van der Waals surface area contributed by atoms with Gasteiger partial charge >= 0.3 is 7.28 Å². The summed E-state index contributed by atoms with van der Waals surface area (Å²) in [5.41, 5.74) is 0. The maximum absolute atomic E-state index is 10.5. The summed E-state index contributed by atoms with van der Waals surface area (Å²) in [5, 5.41) is 0. The average Bonchev–Trinajstić information content (AvgIpc) is 1.37. The molecule has 0 fully saturated rings. The van der Waals surface area contributed by atoms with Gasteiger partial charge in [-0.25, -0.2) is 0 Å². The van der Waals surface area contributed by atoms with Crippen LogP contribution in [0, 0.1) is 0 Å². The molecule has 0 unspecified atom stereocenters. The van der Waals surface area contributed by atoms with Gasteiger partial charge < -0.3 is 4.32 Å². The third-order valence-electron chi connectivity index (χ3n) is 0.0398. The van der Waals surface area contributed by atoms with Crippen LogP contribution in [0.3, 0.4) is 0 Å². The van der Waals surface area contributed by atoms with Crippen molar-refractivity contribution in [2.75, 3.05) is 0 Å². The second kappa shape index (κ2) is 3.51. The van der Waals surface area contributed by atoms with Gasteiger partial charge in [0.05, 0.1) is 0 Å². The van der Waals surface area contributed by atoms with Crippen LogP contribution in [0.25, 0.3) is 0 Å². The molecule has 0 N–H and O–H groups in total. The van der Waals surface area contributed by atoms with Gasteiger partial charge in [0.25, 0.3) is 0 Å². The molecule has 0 aliphatic rings. The van der Waals surface area contributed by atoms with E-state index >= 15 is 0 Å². The summed E-state index contributed by atoms with van der Waals surface area (Å²) < 4.78 is 10.5. The molecule has 0 bridgehead atoms. The predicted molar refractivity (Wildman–Crippen MR) is 21.1 cm³/mol. The molecule has 0 heterocycles. The van der Waals surface area contributed by atoms with E-state index in [9.17, 15) is 4.32 Å². The van der Waals surface area contributed by atoms with Crippen molar-refractivity contribution in [2.45, 2.75) is 0 Å². The van der Waals surface area contributed by atoms with E-state index in [2.05, 4.69) is 11.8 Å². The minimum atomic E-state index is 0.290. The van der Waals surface area contributed by atoms with Crippen LogP contribution < -0.4 is 0 Å². The molecule has 4 heteroatoms. The maximum Gasteiger partial charge on any atom is 0.431 e. The quantitative estimate of drug-likeness (QED) is 0.342. The Bertz CT molecular complexity index is 22.0. The molecule has 0 amide bonds. The average molecular weight is 92.9 g/mol. The van der Waals surface area contributed by atoms with Crippen molar-refractivity contribution in [2.24, 2.45) is 0 Å². The summed E-state index contributed by atoms with van der Waals surface area (Å²) in [7, 11) is 0.702. The summed E-state index contributed by atoms with van der Waals surface area (Å²) in [4.78, 5) is 0. The first-order chi connectivity index (χ1) is 1.91. The lowest BCUT2D eigenvalue weighted by Crippen LogP contribution is -1.43. The zero-order chi connectivity index (χ0) is 3.41. The highest BCUT2D eigenvalue weighted by atomic mass is 32.4. The normalized spacial score (nSPS) is 7.25. The van der Waals surface area contributed by atoms with Crippen LogP contribution in [0.5, 0.6) is 0 Å². The minimum absolute atomic E-state index is 0.290. The molecule has 0 aromatic heterocycles. The van der Waals surface area contributed by atoms with Crippen molar-refractivity contribution in [1.82, 2.24) is 0 Å². The van der Waals surface area contributed by atoms with E-state index in [4.69, 9.17) is 0 Å². The van der Waals surface area contributed by atoms with Crippen molar-refractivity contribution in [3.05, 3.63) is 0 Å². The van der Waals surface area contributed by atoms with Crippen LogP contribution in [0.2, 0.25) is 0 Å². The first-order valence-electron chi connectivity index (χ1n) is 0.659. The lowest BCUT2D eigenvalue weighted by atomic mass is 10.6. The van der Waals surface area contributed by atoms with Crippen LogP contribution >= 0.6 is 7.23 Å². The highest BCUT2D eigenvalue weighted by Crippen LogP contribution is 1.81. The zero-order valence-corrected chi connectivity index (χ0v) is 3.52. The van der Waals surface area contributed by atoms with E-state index in [0.717, 1.165) is 0 Å². The third-order valence-corrected chi connectivity index (χ3v) is 0.359. The fourth-order valence-electron chi connectivity index (χ4n) is 0. The van der Waals surface area contributed by atoms with Gasteiger partial charge in [0.15, 0.2) is 0 Å². The maximum atomic E-state index is 10.5. The number of hydrogen-bond acceptors (Lipinski definition) is 1. The van der Waals surface area contributed by atoms with Crippen molar-refractivity contribution in [3.8, 4) is 0 Å². The molecular weight excluding hydrogens is 92.9 g/mol. The van der Waals surface area contributed by atoms with Crippen molar-refractivity contribution < 1.29 is 4.32 Å². The van der Waals surface area contributed by atoms with Crippen molar-refractivity contribution in [3.63, 3.8) is 0 Å². The van der Waals surface area contributed by atoms with Gasteiger partial charge in [-0.05, 0) is 7.23 Å². The SMILES string of the molecule is F[B]P=S. The summed E-state index contributed by atoms with van der Waals surface area (Å²) in [6.07, 6.45) is 0. The van der Waals surface area contributed by atoms with E-state index in [1.165, 1.54) is 0 Å². The molecular formula is BFPS. The first kappa shape index (κ1) is 4.51. The van der Waals surface area contributed by atoms with Gasteiger partial charge in [-0.1, -0.05) is 11.8 Å². The highest BCUT2D eigenvalue weighted by molar-refractivity contribution is 8.08. The summed E-state index contributed by atoms with van der Waals surface area (Å²) >= 11 is 4.09. The van der Waals surface area contributed by atoms with E-state index in [-0.39, 0.29) is 0 Å². The zero-order valence-electron chi connectivity index (χ0n) is 1.81. The molecule has 0 spiro atoms. The van der Waals surface area contributed by atoms with E-state index < -0.39 is 0 Å². The van der Waals surface area contributed by atoms with E-state index in [1.54, 1.807) is 0 Å². The van der Waals surface area contributed by atoms with Crippen LogP contribution in [0.15, 0.2) is 0 Å². The molecule has 0 aromatic carbocycles. The Morgan fingerprint density at radius 3 is 2.25 bits per heavy atom. The monoisotopic (exact) mass is 93.0 g/mol. The third kappa shape index (κ3) is 2.51. The lowest BCUT2D eigenvalue weighted by molar-refractivity contribution is 0.895. The van der Waals surface area contributed by atoms with Crippen LogP contribution in [0.4, 0.5) is 4.32 Å². The second-order valence-corrected chi connectivity index (χ2v) is 1.24.